The van der Waals surface area contributed by atoms with E-state index in [-0.39, 0.29) is 11.8 Å². The number of rotatable bonds is 5. The summed E-state index contributed by atoms with van der Waals surface area (Å²) < 4.78 is 5.77. The zero-order valence-corrected chi connectivity index (χ0v) is 13.4. The SMILES string of the molecule is CCCNC(=O)C1CCN(c2nnc(-c3ccccc3)o2)CC1. The first-order valence-electron chi connectivity index (χ1n) is 8.19. The van der Waals surface area contributed by atoms with E-state index >= 15 is 0 Å². The van der Waals surface area contributed by atoms with Gasteiger partial charge in [-0.3, -0.25) is 4.79 Å². The average Bonchev–Trinajstić information content (AvgIpc) is 3.11. The summed E-state index contributed by atoms with van der Waals surface area (Å²) >= 11 is 0. The third kappa shape index (κ3) is 3.70. The molecule has 6 heteroatoms. The molecule has 0 spiro atoms. The first kappa shape index (κ1) is 15.5. The van der Waals surface area contributed by atoms with Crippen LogP contribution in [0.5, 0.6) is 0 Å². The molecule has 0 atom stereocenters. The Balaban J connectivity index is 1.58. The molecule has 0 radical (unpaired) electrons. The fourth-order valence-corrected chi connectivity index (χ4v) is 2.77. The smallest absolute Gasteiger partial charge is 0.318 e. The summed E-state index contributed by atoms with van der Waals surface area (Å²) in [5.74, 6) is 0.791. The lowest BCUT2D eigenvalue weighted by Gasteiger charge is -2.29. The predicted octanol–water partition coefficient (Wildman–Crippen LogP) is 2.48. The van der Waals surface area contributed by atoms with Crippen LogP contribution in [0.3, 0.4) is 0 Å². The van der Waals surface area contributed by atoms with Gasteiger partial charge in [-0.15, -0.1) is 5.10 Å². The van der Waals surface area contributed by atoms with Crippen molar-refractivity contribution in [3.8, 4) is 11.5 Å². The Labute approximate surface area is 135 Å². The number of aromatic nitrogens is 2. The average molecular weight is 314 g/mol. The Morgan fingerprint density at radius 1 is 1.26 bits per heavy atom. The zero-order chi connectivity index (χ0) is 16.1. The predicted molar refractivity (Wildman–Crippen MR) is 88.0 cm³/mol. The van der Waals surface area contributed by atoms with Crippen LogP contribution in [0.4, 0.5) is 6.01 Å². The number of piperidine rings is 1. The highest BCUT2D eigenvalue weighted by Gasteiger charge is 2.27. The van der Waals surface area contributed by atoms with Crippen LogP contribution in [-0.4, -0.2) is 35.7 Å². The van der Waals surface area contributed by atoms with Crippen LogP contribution in [0.15, 0.2) is 34.7 Å². The van der Waals surface area contributed by atoms with Gasteiger partial charge in [-0.1, -0.05) is 30.2 Å². The second kappa shape index (κ2) is 7.26. The number of hydrogen-bond acceptors (Lipinski definition) is 5. The highest BCUT2D eigenvalue weighted by atomic mass is 16.4. The third-order valence-electron chi connectivity index (χ3n) is 4.12. The summed E-state index contributed by atoms with van der Waals surface area (Å²) in [6.45, 7) is 4.34. The maximum absolute atomic E-state index is 12.0. The fourth-order valence-electron chi connectivity index (χ4n) is 2.77. The van der Waals surface area contributed by atoms with E-state index in [1.807, 2.05) is 30.3 Å². The van der Waals surface area contributed by atoms with Crippen LogP contribution in [0.25, 0.3) is 11.5 Å². The van der Waals surface area contributed by atoms with Crippen molar-refractivity contribution in [2.75, 3.05) is 24.5 Å². The number of hydrogen-bond donors (Lipinski definition) is 1. The van der Waals surface area contributed by atoms with Crippen molar-refractivity contribution >= 4 is 11.9 Å². The highest BCUT2D eigenvalue weighted by molar-refractivity contribution is 5.78. The van der Waals surface area contributed by atoms with Crippen molar-refractivity contribution < 1.29 is 9.21 Å². The topological polar surface area (TPSA) is 71.3 Å². The van der Waals surface area contributed by atoms with E-state index in [0.717, 1.165) is 44.5 Å². The summed E-state index contributed by atoms with van der Waals surface area (Å²) in [5.41, 5.74) is 0.917. The maximum atomic E-state index is 12.0. The molecule has 1 aromatic carbocycles. The normalized spacial score (nSPS) is 15.6. The lowest BCUT2D eigenvalue weighted by Crippen LogP contribution is -2.40. The molecule has 1 N–H and O–H groups in total. The van der Waals surface area contributed by atoms with Crippen molar-refractivity contribution in [3.63, 3.8) is 0 Å². The third-order valence-corrected chi connectivity index (χ3v) is 4.12. The molecule has 23 heavy (non-hydrogen) atoms. The van der Waals surface area contributed by atoms with Gasteiger partial charge in [0.05, 0.1) is 0 Å². The summed E-state index contributed by atoms with van der Waals surface area (Å²) in [6, 6.07) is 10.3. The van der Waals surface area contributed by atoms with Gasteiger partial charge in [0, 0.05) is 31.1 Å². The number of nitrogens with zero attached hydrogens (tertiary/aromatic N) is 3. The minimum atomic E-state index is 0.0920. The molecule has 0 unspecified atom stereocenters. The lowest BCUT2D eigenvalue weighted by atomic mass is 9.96. The Hall–Kier alpha value is -2.37. The number of amides is 1. The Kier molecular flexibility index (Phi) is 4.90. The van der Waals surface area contributed by atoms with Crippen molar-refractivity contribution in [3.05, 3.63) is 30.3 Å². The lowest BCUT2D eigenvalue weighted by molar-refractivity contribution is -0.125. The summed E-state index contributed by atoms with van der Waals surface area (Å²) in [4.78, 5) is 14.1. The first-order valence-corrected chi connectivity index (χ1v) is 8.19. The fraction of sp³-hybridized carbons (Fsp3) is 0.471. The van der Waals surface area contributed by atoms with Gasteiger partial charge < -0.3 is 14.6 Å². The molecule has 122 valence electrons. The van der Waals surface area contributed by atoms with Crippen LogP contribution in [-0.2, 0) is 4.79 Å². The summed E-state index contributed by atoms with van der Waals surface area (Å²) in [5, 5.41) is 11.2. The van der Waals surface area contributed by atoms with Gasteiger partial charge in [0.2, 0.25) is 11.8 Å². The van der Waals surface area contributed by atoms with Crippen molar-refractivity contribution in [1.82, 2.24) is 15.5 Å². The van der Waals surface area contributed by atoms with Gasteiger partial charge in [-0.2, -0.15) is 0 Å². The zero-order valence-electron chi connectivity index (χ0n) is 13.4. The number of carbonyl (C=O) groups is 1. The van der Waals surface area contributed by atoms with Gasteiger partial charge >= 0.3 is 6.01 Å². The molecule has 3 rings (SSSR count). The van der Waals surface area contributed by atoms with Crippen molar-refractivity contribution in [2.24, 2.45) is 5.92 Å². The second-order valence-electron chi connectivity index (χ2n) is 5.81. The van der Waals surface area contributed by atoms with Crippen LogP contribution in [0, 0.1) is 5.92 Å². The largest absolute Gasteiger partial charge is 0.403 e. The Bertz CT molecular complexity index is 633. The van der Waals surface area contributed by atoms with E-state index in [9.17, 15) is 4.79 Å². The van der Waals surface area contributed by atoms with Crippen LogP contribution in [0.1, 0.15) is 26.2 Å². The minimum absolute atomic E-state index is 0.0920. The molecule has 1 fully saturated rings. The number of benzene rings is 1. The number of carbonyl (C=O) groups excluding carboxylic acids is 1. The van der Waals surface area contributed by atoms with Gasteiger partial charge in [0.1, 0.15) is 0 Å². The Morgan fingerprint density at radius 3 is 2.70 bits per heavy atom. The van der Waals surface area contributed by atoms with Crippen LogP contribution < -0.4 is 10.2 Å². The molecule has 2 heterocycles. The van der Waals surface area contributed by atoms with E-state index in [1.165, 1.54) is 0 Å². The number of anilines is 1. The number of nitrogens with one attached hydrogen (secondary N) is 1. The standard InChI is InChI=1S/C17H22N4O2/c1-2-10-18-15(22)13-8-11-21(12-9-13)17-20-19-16(23-17)14-6-4-3-5-7-14/h3-7,13H,2,8-12H2,1H3,(H,18,22). The molecule has 0 saturated carbocycles. The molecule has 1 amide bonds. The molecule has 0 aliphatic carbocycles. The van der Waals surface area contributed by atoms with Gasteiger partial charge in [0.15, 0.2) is 0 Å². The van der Waals surface area contributed by atoms with Crippen molar-refractivity contribution in [1.29, 1.82) is 0 Å². The molecule has 1 saturated heterocycles. The molecule has 2 aromatic rings. The molecule has 1 aliphatic rings. The van der Waals surface area contributed by atoms with E-state index in [0.29, 0.717) is 11.9 Å². The highest BCUT2D eigenvalue weighted by Crippen LogP contribution is 2.25. The van der Waals surface area contributed by atoms with Gasteiger partial charge in [0.25, 0.3) is 0 Å². The van der Waals surface area contributed by atoms with E-state index < -0.39 is 0 Å². The Morgan fingerprint density at radius 2 is 2.00 bits per heavy atom. The molecular formula is C17H22N4O2. The van der Waals surface area contributed by atoms with Crippen molar-refractivity contribution in [2.45, 2.75) is 26.2 Å². The molecule has 1 aromatic heterocycles. The molecule has 1 aliphatic heterocycles. The van der Waals surface area contributed by atoms with Gasteiger partial charge in [-0.25, -0.2) is 0 Å². The monoisotopic (exact) mass is 314 g/mol. The van der Waals surface area contributed by atoms with Gasteiger partial charge in [-0.05, 0) is 31.4 Å². The van der Waals surface area contributed by atoms with Crippen LogP contribution >= 0.6 is 0 Å². The maximum Gasteiger partial charge on any atom is 0.318 e. The van der Waals surface area contributed by atoms with E-state index in [4.69, 9.17) is 4.42 Å². The first-order chi connectivity index (χ1) is 11.3. The van der Waals surface area contributed by atoms with E-state index in [1.54, 1.807) is 0 Å². The molecule has 6 nitrogen and oxygen atoms in total. The quantitative estimate of drug-likeness (QED) is 0.918. The summed E-state index contributed by atoms with van der Waals surface area (Å²) in [7, 11) is 0. The van der Waals surface area contributed by atoms with Crippen LogP contribution in [0.2, 0.25) is 0 Å². The minimum Gasteiger partial charge on any atom is -0.403 e. The molecular weight excluding hydrogens is 292 g/mol. The second-order valence-corrected chi connectivity index (χ2v) is 5.81. The summed E-state index contributed by atoms with van der Waals surface area (Å²) in [6.07, 6.45) is 2.60. The molecule has 0 bridgehead atoms. The van der Waals surface area contributed by atoms with E-state index in [2.05, 4.69) is 27.3 Å².